The molecule has 4 nitrogen and oxygen atoms in total. The molecule has 0 radical (unpaired) electrons. The Hall–Kier alpha value is 0.870. The maximum Gasteiger partial charge on any atom is 1.00 e. The van der Waals surface area contributed by atoms with Crippen LogP contribution in [0.4, 0.5) is 0 Å². The maximum atomic E-state index is 10.8. The Morgan fingerprint density at radius 2 is 1.08 bits per heavy atom. The topological polar surface area (TPSA) is 77.4 Å². The van der Waals surface area contributed by atoms with E-state index >= 15 is 0 Å². The summed E-state index contributed by atoms with van der Waals surface area (Å²) in [4.78, 5) is 0. The minimum atomic E-state index is -4.10. The van der Waals surface area contributed by atoms with Crippen molar-refractivity contribution >= 4 is 10.1 Å². The van der Waals surface area contributed by atoms with Gasteiger partial charge in [-0.15, -0.1) is 0 Å². The molecule has 0 saturated heterocycles. The van der Waals surface area contributed by atoms with E-state index < -0.39 is 15.4 Å². The van der Waals surface area contributed by atoms with Gasteiger partial charge in [-0.25, -0.2) is 8.42 Å². The van der Waals surface area contributed by atoms with Crippen molar-refractivity contribution in [1.29, 1.82) is 0 Å². The van der Waals surface area contributed by atoms with Crippen LogP contribution in [-0.4, -0.2) is 29.4 Å². The third kappa shape index (κ3) is 19.6. The molecule has 6 heteroatoms. The molecule has 0 fully saturated rings. The molecule has 26 heavy (non-hydrogen) atoms. The number of rotatable bonds is 18. The van der Waals surface area contributed by atoms with Crippen molar-refractivity contribution in [3.8, 4) is 0 Å². The molecule has 0 aliphatic carbocycles. The summed E-state index contributed by atoms with van der Waals surface area (Å²) in [6, 6.07) is 0. The van der Waals surface area contributed by atoms with Gasteiger partial charge in [-0.05, 0) is 26.2 Å². The van der Waals surface area contributed by atoms with E-state index in [1.54, 1.807) is 0 Å². The molecule has 0 aliphatic rings. The van der Waals surface area contributed by atoms with Crippen LogP contribution in [0.2, 0.25) is 0 Å². The molecule has 0 amide bonds. The Labute approximate surface area is 185 Å². The monoisotopic (exact) mass is 400 g/mol. The zero-order valence-corrected chi connectivity index (χ0v) is 20.4. The largest absolute Gasteiger partial charge is 1.00 e. The Balaban J connectivity index is 0. The van der Waals surface area contributed by atoms with Crippen LogP contribution in [0.15, 0.2) is 0 Å². The summed E-state index contributed by atoms with van der Waals surface area (Å²) < 4.78 is 32.3. The van der Waals surface area contributed by atoms with Gasteiger partial charge >= 0.3 is 29.6 Å². The summed E-state index contributed by atoms with van der Waals surface area (Å²) in [5.74, 6) is 0. The fourth-order valence-corrected chi connectivity index (χ4v) is 3.60. The molecule has 0 aromatic carbocycles. The fourth-order valence-electron chi connectivity index (χ4n) is 3.14. The number of aliphatic hydroxyl groups is 1. The third-order valence-electron chi connectivity index (χ3n) is 5.03. The first-order valence-corrected chi connectivity index (χ1v) is 12.0. The predicted octanol–water partition coefficient (Wildman–Crippen LogP) is 2.55. The summed E-state index contributed by atoms with van der Waals surface area (Å²) in [6.07, 6.45) is 17.5. The Bertz CT molecular complexity index is 387. The molecule has 1 N–H and O–H groups in total. The van der Waals surface area contributed by atoms with Gasteiger partial charge in [0.05, 0.1) is 16.2 Å². The zero-order valence-electron chi connectivity index (χ0n) is 17.5. The van der Waals surface area contributed by atoms with Crippen molar-refractivity contribution in [3.05, 3.63) is 0 Å². The van der Waals surface area contributed by atoms with E-state index in [0.717, 1.165) is 44.9 Å². The molecule has 0 heterocycles. The van der Waals surface area contributed by atoms with Crippen LogP contribution in [0, 0.1) is 0 Å². The maximum absolute atomic E-state index is 10.8. The van der Waals surface area contributed by atoms with Crippen molar-refractivity contribution < 1.29 is 47.6 Å². The molecule has 0 bridgehead atoms. The average Bonchev–Trinajstić information content (AvgIpc) is 2.55. The smallest absolute Gasteiger partial charge is 0.748 e. The third-order valence-corrected chi connectivity index (χ3v) is 6.25. The van der Waals surface area contributed by atoms with Gasteiger partial charge in [-0.1, -0.05) is 90.4 Å². The van der Waals surface area contributed by atoms with Crippen LogP contribution in [-0.2, 0) is 10.1 Å². The summed E-state index contributed by atoms with van der Waals surface area (Å²) >= 11 is 0. The molecular formula is C20H41NaO4S. The second kappa shape index (κ2) is 19.2. The van der Waals surface area contributed by atoms with Gasteiger partial charge in [-0.2, -0.15) is 0 Å². The molecule has 0 aliphatic heterocycles. The van der Waals surface area contributed by atoms with Crippen LogP contribution in [0.5, 0.6) is 0 Å². The van der Waals surface area contributed by atoms with E-state index in [-0.39, 0.29) is 35.7 Å². The summed E-state index contributed by atoms with van der Waals surface area (Å²) in [5.41, 5.74) is 0. The number of hydrogen-bond donors (Lipinski definition) is 1. The first-order valence-electron chi connectivity index (χ1n) is 10.5. The minimum Gasteiger partial charge on any atom is -0.748 e. The van der Waals surface area contributed by atoms with Crippen molar-refractivity contribution in [3.63, 3.8) is 0 Å². The molecule has 0 rings (SSSR count). The van der Waals surface area contributed by atoms with E-state index in [1.165, 1.54) is 58.3 Å². The van der Waals surface area contributed by atoms with Crippen molar-refractivity contribution in [2.75, 3.05) is 0 Å². The second-order valence-electron chi connectivity index (χ2n) is 7.57. The van der Waals surface area contributed by atoms with E-state index in [1.807, 2.05) is 0 Å². The first-order chi connectivity index (χ1) is 11.9. The van der Waals surface area contributed by atoms with E-state index in [9.17, 15) is 18.1 Å². The van der Waals surface area contributed by atoms with Crippen molar-refractivity contribution in [1.82, 2.24) is 0 Å². The Morgan fingerprint density at radius 1 is 0.731 bits per heavy atom. The van der Waals surface area contributed by atoms with Crippen LogP contribution in [0.3, 0.4) is 0 Å². The quantitative estimate of drug-likeness (QED) is 0.218. The standard InChI is InChI=1S/C20H42O4S.Na/c1-3-4-5-14-17-20(21)18-15-12-10-8-6-7-9-11-13-16-19(2)25(22,23)24;/h19-21H,3-18H2,1-2H3,(H,22,23,24);/q;+1/p-1. The Kier molecular flexibility index (Phi) is 21.5. The molecule has 0 aromatic rings. The van der Waals surface area contributed by atoms with E-state index in [0.29, 0.717) is 6.42 Å². The predicted molar refractivity (Wildman–Crippen MR) is 105 cm³/mol. The fraction of sp³-hybridized carbons (Fsp3) is 1.00. The summed E-state index contributed by atoms with van der Waals surface area (Å²) in [5, 5.41) is 9.16. The molecule has 2 atom stereocenters. The van der Waals surface area contributed by atoms with Gasteiger partial charge in [0.25, 0.3) is 0 Å². The number of aliphatic hydroxyl groups excluding tert-OH is 1. The number of unbranched alkanes of at least 4 members (excludes halogenated alkanes) is 11. The van der Waals surface area contributed by atoms with Crippen LogP contribution in [0.25, 0.3) is 0 Å². The molecule has 0 saturated carbocycles. The first kappa shape index (κ1) is 29.1. The molecule has 0 spiro atoms. The van der Waals surface area contributed by atoms with Crippen LogP contribution in [0.1, 0.15) is 117 Å². The number of hydrogen-bond acceptors (Lipinski definition) is 4. The molecule has 0 aromatic heterocycles. The average molecular weight is 401 g/mol. The molecule has 152 valence electrons. The van der Waals surface area contributed by atoms with E-state index in [2.05, 4.69) is 6.92 Å². The van der Waals surface area contributed by atoms with E-state index in [4.69, 9.17) is 0 Å². The normalized spacial score (nSPS) is 14.0. The second-order valence-corrected chi connectivity index (χ2v) is 9.36. The van der Waals surface area contributed by atoms with Gasteiger partial charge < -0.3 is 9.66 Å². The van der Waals surface area contributed by atoms with Gasteiger partial charge in [-0.3, -0.25) is 0 Å². The SMILES string of the molecule is CCCCCCC(O)CCCCCCCCCCCC(C)S(=O)(=O)[O-].[Na+]. The zero-order chi connectivity index (χ0) is 19.0. The van der Waals surface area contributed by atoms with Gasteiger partial charge in [0, 0.05) is 5.25 Å². The molecule has 2 unspecified atom stereocenters. The molecular weight excluding hydrogens is 359 g/mol. The van der Waals surface area contributed by atoms with Crippen molar-refractivity contribution in [2.45, 2.75) is 128 Å². The summed E-state index contributed by atoms with van der Waals surface area (Å²) in [7, 11) is -4.10. The van der Waals surface area contributed by atoms with Gasteiger partial charge in [0.15, 0.2) is 0 Å². The van der Waals surface area contributed by atoms with Crippen LogP contribution >= 0.6 is 0 Å². The van der Waals surface area contributed by atoms with Crippen LogP contribution < -0.4 is 29.6 Å². The minimum absolute atomic E-state index is 0. The van der Waals surface area contributed by atoms with Crippen molar-refractivity contribution in [2.24, 2.45) is 0 Å². The van der Waals surface area contributed by atoms with Gasteiger partial charge in [0.1, 0.15) is 0 Å². The Morgan fingerprint density at radius 3 is 1.46 bits per heavy atom. The summed E-state index contributed by atoms with van der Waals surface area (Å²) in [6.45, 7) is 3.71. The van der Waals surface area contributed by atoms with Gasteiger partial charge in [0.2, 0.25) is 0 Å².